The molecule has 22 heavy (non-hydrogen) atoms. The first-order valence-electron chi connectivity index (χ1n) is 6.92. The lowest BCUT2D eigenvalue weighted by atomic mass is 10.2. The van der Waals surface area contributed by atoms with Crippen LogP contribution in [0.15, 0.2) is 36.5 Å². The van der Waals surface area contributed by atoms with Crippen LogP contribution < -0.4 is 10.1 Å². The van der Waals surface area contributed by atoms with Gasteiger partial charge >= 0.3 is 0 Å². The van der Waals surface area contributed by atoms with E-state index in [4.69, 9.17) is 9.84 Å². The van der Waals surface area contributed by atoms with E-state index in [9.17, 15) is 4.39 Å². The smallest absolute Gasteiger partial charge is 0.165 e. The summed E-state index contributed by atoms with van der Waals surface area (Å²) in [5.74, 6) is 2.16. The molecule has 4 nitrogen and oxygen atoms in total. The molecule has 0 fully saturated rings. The number of halogens is 1. The van der Waals surface area contributed by atoms with E-state index in [0.29, 0.717) is 6.54 Å². The molecule has 0 saturated heterocycles. The molecule has 0 aliphatic heterocycles. The lowest BCUT2D eigenvalue weighted by molar-refractivity contribution is 0.322. The molecule has 2 rings (SSSR count). The van der Waals surface area contributed by atoms with Gasteiger partial charge in [-0.05, 0) is 35.4 Å². The lowest BCUT2D eigenvalue weighted by Crippen LogP contribution is -2.02. The number of anilines is 1. The Balaban J connectivity index is 1.93. The second-order valence-electron chi connectivity index (χ2n) is 4.65. The van der Waals surface area contributed by atoms with Crippen LogP contribution in [0.3, 0.4) is 0 Å². The van der Waals surface area contributed by atoms with Crippen LogP contribution in [-0.2, 0) is 12.3 Å². The molecule has 2 N–H and O–H groups in total. The monoisotopic (exact) mass is 322 g/mol. The Hall–Kier alpha value is -1.79. The molecule has 0 bridgehead atoms. The number of rotatable bonds is 8. The number of methoxy groups -OCH3 is 1. The third-order valence-corrected chi connectivity index (χ3v) is 4.03. The molecule has 6 heteroatoms. The highest BCUT2D eigenvalue weighted by molar-refractivity contribution is 7.98. The van der Waals surface area contributed by atoms with Gasteiger partial charge in [0.1, 0.15) is 5.82 Å². The molecular formula is C16H19FN2O2S. The highest BCUT2D eigenvalue weighted by Gasteiger charge is 2.04. The summed E-state index contributed by atoms with van der Waals surface area (Å²) in [6.07, 6.45) is 1.74. The van der Waals surface area contributed by atoms with Gasteiger partial charge in [-0.3, -0.25) is 0 Å². The number of ether oxygens (including phenoxy) is 1. The molecule has 118 valence electrons. The molecule has 2 aromatic rings. The van der Waals surface area contributed by atoms with E-state index in [0.717, 1.165) is 28.5 Å². The van der Waals surface area contributed by atoms with Gasteiger partial charge in [0.2, 0.25) is 0 Å². The van der Waals surface area contributed by atoms with Crippen molar-refractivity contribution in [3.63, 3.8) is 0 Å². The molecule has 1 aromatic heterocycles. The van der Waals surface area contributed by atoms with Crippen molar-refractivity contribution in [1.29, 1.82) is 0 Å². The van der Waals surface area contributed by atoms with Crippen molar-refractivity contribution in [2.75, 3.05) is 24.8 Å². The Labute approximate surface area is 133 Å². The summed E-state index contributed by atoms with van der Waals surface area (Å²) in [5, 5.41) is 12.0. The molecule has 0 aliphatic carbocycles. The van der Waals surface area contributed by atoms with Gasteiger partial charge in [0.15, 0.2) is 11.6 Å². The summed E-state index contributed by atoms with van der Waals surface area (Å²) in [6.45, 7) is 0.672. The van der Waals surface area contributed by atoms with E-state index in [1.54, 1.807) is 24.0 Å². The number of hydrogen-bond donors (Lipinski definition) is 2. The van der Waals surface area contributed by atoms with Crippen LogP contribution in [0.1, 0.15) is 11.1 Å². The molecule has 0 unspecified atom stereocenters. The first kappa shape index (κ1) is 16.6. The van der Waals surface area contributed by atoms with Crippen molar-refractivity contribution in [3.05, 3.63) is 53.5 Å². The molecule has 0 amide bonds. The van der Waals surface area contributed by atoms with Crippen LogP contribution in [-0.4, -0.2) is 29.6 Å². The predicted octanol–water partition coefficient (Wildman–Crippen LogP) is 3.07. The first-order chi connectivity index (χ1) is 10.7. The van der Waals surface area contributed by atoms with Crippen molar-refractivity contribution in [1.82, 2.24) is 4.98 Å². The molecule has 0 atom stereocenters. The van der Waals surface area contributed by atoms with Gasteiger partial charge in [0.05, 0.1) is 13.7 Å². The van der Waals surface area contributed by atoms with Crippen molar-refractivity contribution in [3.8, 4) is 5.75 Å². The van der Waals surface area contributed by atoms with Crippen LogP contribution in [0.25, 0.3) is 0 Å². The maximum atomic E-state index is 13.6. The second kappa shape index (κ2) is 8.60. The fourth-order valence-electron chi connectivity index (χ4n) is 1.93. The quantitative estimate of drug-likeness (QED) is 0.732. The van der Waals surface area contributed by atoms with Gasteiger partial charge in [0, 0.05) is 24.2 Å². The highest BCUT2D eigenvalue weighted by Crippen LogP contribution is 2.19. The maximum Gasteiger partial charge on any atom is 0.165 e. The third kappa shape index (κ3) is 4.89. The largest absolute Gasteiger partial charge is 0.494 e. The van der Waals surface area contributed by atoms with Crippen LogP contribution >= 0.6 is 11.8 Å². The normalized spacial score (nSPS) is 10.5. The van der Waals surface area contributed by atoms with Crippen molar-refractivity contribution in [2.24, 2.45) is 0 Å². The average molecular weight is 322 g/mol. The Morgan fingerprint density at radius 2 is 2.14 bits per heavy atom. The maximum absolute atomic E-state index is 13.6. The van der Waals surface area contributed by atoms with Gasteiger partial charge in [-0.2, -0.15) is 11.8 Å². The number of pyridine rings is 1. The minimum absolute atomic E-state index is 0.184. The summed E-state index contributed by atoms with van der Waals surface area (Å²) < 4.78 is 18.5. The number of thioether (sulfide) groups is 1. The fourth-order valence-corrected chi connectivity index (χ4v) is 2.62. The van der Waals surface area contributed by atoms with Gasteiger partial charge in [-0.15, -0.1) is 0 Å². The summed E-state index contributed by atoms with van der Waals surface area (Å²) in [7, 11) is 1.44. The molecule has 0 saturated carbocycles. The van der Waals surface area contributed by atoms with Crippen molar-refractivity contribution in [2.45, 2.75) is 12.3 Å². The third-order valence-electron chi connectivity index (χ3n) is 3.02. The molecule has 0 spiro atoms. The summed E-state index contributed by atoms with van der Waals surface area (Å²) in [5.41, 5.74) is 1.96. The van der Waals surface area contributed by atoms with Crippen LogP contribution in [0.4, 0.5) is 10.2 Å². The second-order valence-corrected chi connectivity index (χ2v) is 5.75. The van der Waals surface area contributed by atoms with Gasteiger partial charge in [0.25, 0.3) is 0 Å². The average Bonchev–Trinajstić information content (AvgIpc) is 2.54. The standard InChI is InChI=1S/C16H19FN2O2S/c1-21-15-3-2-12(8-14(15)17)10-19-16-9-13(4-5-18-16)11-22-7-6-20/h2-5,8-9,20H,6-7,10-11H2,1H3,(H,18,19). The Morgan fingerprint density at radius 1 is 1.27 bits per heavy atom. The molecule has 1 heterocycles. The molecular weight excluding hydrogens is 303 g/mol. The first-order valence-corrected chi connectivity index (χ1v) is 8.08. The Kier molecular flexibility index (Phi) is 6.48. The minimum atomic E-state index is -0.371. The van der Waals surface area contributed by atoms with E-state index < -0.39 is 0 Å². The van der Waals surface area contributed by atoms with Crippen LogP contribution in [0.2, 0.25) is 0 Å². The zero-order chi connectivity index (χ0) is 15.8. The summed E-state index contributed by atoms with van der Waals surface area (Å²) in [4.78, 5) is 4.25. The lowest BCUT2D eigenvalue weighted by Gasteiger charge is -2.09. The van der Waals surface area contributed by atoms with E-state index in [-0.39, 0.29) is 18.2 Å². The minimum Gasteiger partial charge on any atom is -0.494 e. The fraction of sp³-hybridized carbons (Fsp3) is 0.312. The van der Waals surface area contributed by atoms with E-state index in [1.807, 2.05) is 18.2 Å². The van der Waals surface area contributed by atoms with Crippen LogP contribution in [0.5, 0.6) is 5.75 Å². The Bertz CT molecular complexity index is 610. The number of aliphatic hydroxyl groups excluding tert-OH is 1. The molecule has 0 aliphatic rings. The van der Waals surface area contributed by atoms with E-state index >= 15 is 0 Å². The van der Waals surface area contributed by atoms with Crippen molar-refractivity contribution >= 4 is 17.6 Å². The number of aliphatic hydroxyl groups is 1. The van der Waals surface area contributed by atoms with Gasteiger partial charge in [-0.25, -0.2) is 9.37 Å². The van der Waals surface area contributed by atoms with Gasteiger partial charge in [-0.1, -0.05) is 6.07 Å². The highest BCUT2D eigenvalue weighted by atomic mass is 32.2. The van der Waals surface area contributed by atoms with E-state index in [1.165, 1.54) is 13.2 Å². The Morgan fingerprint density at radius 3 is 2.86 bits per heavy atom. The number of nitrogens with zero attached hydrogens (tertiary/aromatic N) is 1. The number of hydrogen-bond acceptors (Lipinski definition) is 5. The summed E-state index contributed by atoms with van der Waals surface area (Å²) in [6, 6.07) is 8.79. The number of nitrogens with one attached hydrogen (secondary N) is 1. The topological polar surface area (TPSA) is 54.4 Å². The SMILES string of the molecule is COc1ccc(CNc2cc(CSCCO)ccn2)cc1F. The zero-order valence-electron chi connectivity index (χ0n) is 12.4. The molecule has 0 radical (unpaired) electrons. The van der Waals surface area contributed by atoms with Crippen molar-refractivity contribution < 1.29 is 14.2 Å². The van der Waals surface area contributed by atoms with Crippen LogP contribution in [0, 0.1) is 5.82 Å². The van der Waals surface area contributed by atoms with Gasteiger partial charge < -0.3 is 15.2 Å². The van der Waals surface area contributed by atoms with E-state index in [2.05, 4.69) is 10.3 Å². The predicted molar refractivity (Wildman–Crippen MR) is 87.8 cm³/mol. The zero-order valence-corrected chi connectivity index (χ0v) is 13.2. The molecule has 1 aromatic carbocycles. The number of aromatic nitrogens is 1. The summed E-state index contributed by atoms with van der Waals surface area (Å²) >= 11 is 1.67. The number of benzene rings is 1.